The predicted molar refractivity (Wildman–Crippen MR) is 97.3 cm³/mol. The zero-order valence-corrected chi connectivity index (χ0v) is 15.0. The summed E-state index contributed by atoms with van der Waals surface area (Å²) >= 11 is 0. The molecule has 5 nitrogen and oxygen atoms in total. The van der Waals surface area contributed by atoms with E-state index < -0.39 is 6.61 Å². The van der Waals surface area contributed by atoms with Crippen LogP contribution in [0.5, 0.6) is 5.75 Å². The molecular formula is C20H22F2N2O3. The van der Waals surface area contributed by atoms with Crippen LogP contribution < -0.4 is 10.1 Å². The molecule has 1 N–H and O–H groups in total. The molecule has 2 amide bonds. The lowest BCUT2D eigenvalue weighted by Gasteiger charge is -2.21. The summed E-state index contributed by atoms with van der Waals surface area (Å²) in [6.07, 6.45) is 0.0487. The van der Waals surface area contributed by atoms with E-state index in [2.05, 4.69) is 10.1 Å². The lowest BCUT2D eigenvalue weighted by molar-refractivity contribution is -0.133. The maximum atomic E-state index is 12.3. The first-order valence-corrected chi connectivity index (χ1v) is 8.60. The molecule has 2 aromatic carbocycles. The van der Waals surface area contributed by atoms with Gasteiger partial charge in [-0.25, -0.2) is 0 Å². The maximum absolute atomic E-state index is 12.3. The summed E-state index contributed by atoms with van der Waals surface area (Å²) in [6, 6.07) is 15.4. The van der Waals surface area contributed by atoms with Gasteiger partial charge in [-0.05, 0) is 30.2 Å². The normalized spacial score (nSPS) is 10.5. The van der Waals surface area contributed by atoms with Crippen LogP contribution >= 0.6 is 0 Å². The van der Waals surface area contributed by atoms with E-state index in [0.29, 0.717) is 18.7 Å². The topological polar surface area (TPSA) is 58.6 Å². The highest BCUT2D eigenvalue weighted by atomic mass is 19.3. The van der Waals surface area contributed by atoms with Crippen molar-refractivity contribution in [1.29, 1.82) is 0 Å². The van der Waals surface area contributed by atoms with Crippen molar-refractivity contribution in [1.82, 2.24) is 10.2 Å². The molecule has 7 heteroatoms. The molecule has 0 fully saturated rings. The average Bonchev–Trinajstić information content (AvgIpc) is 2.66. The first kappa shape index (κ1) is 20.4. The van der Waals surface area contributed by atoms with Gasteiger partial charge in [-0.3, -0.25) is 9.59 Å². The van der Waals surface area contributed by atoms with Crippen molar-refractivity contribution in [3.05, 3.63) is 65.7 Å². The molecule has 0 saturated heterocycles. The minimum atomic E-state index is -2.89. The van der Waals surface area contributed by atoms with E-state index in [1.54, 1.807) is 4.90 Å². The van der Waals surface area contributed by atoms with E-state index in [9.17, 15) is 18.4 Å². The third kappa shape index (κ3) is 7.05. The van der Waals surface area contributed by atoms with Crippen LogP contribution in [-0.2, 0) is 22.6 Å². The molecule has 0 spiro atoms. The molecule has 0 aliphatic carbocycles. The second-order valence-electron chi connectivity index (χ2n) is 5.87. The predicted octanol–water partition coefficient (Wildman–Crippen LogP) is 3.00. The molecule has 0 aliphatic heterocycles. The Hall–Kier alpha value is -2.96. The fraction of sp³-hybridized carbons (Fsp3) is 0.300. The summed E-state index contributed by atoms with van der Waals surface area (Å²) in [7, 11) is 0. The minimum absolute atomic E-state index is 0.0313. The van der Waals surface area contributed by atoms with E-state index in [4.69, 9.17) is 0 Å². The summed E-state index contributed by atoms with van der Waals surface area (Å²) < 4.78 is 28.5. The van der Waals surface area contributed by atoms with Gasteiger partial charge < -0.3 is 15.0 Å². The van der Waals surface area contributed by atoms with E-state index in [0.717, 1.165) is 5.56 Å². The van der Waals surface area contributed by atoms with Gasteiger partial charge in [0, 0.05) is 13.1 Å². The number of halogens is 2. The molecular weight excluding hydrogens is 354 g/mol. The molecule has 0 saturated carbocycles. The van der Waals surface area contributed by atoms with Crippen molar-refractivity contribution in [2.75, 3.05) is 13.1 Å². The fourth-order valence-corrected chi connectivity index (χ4v) is 2.50. The van der Waals surface area contributed by atoms with E-state index in [1.165, 1.54) is 24.3 Å². The number of ether oxygens (including phenoxy) is 1. The Morgan fingerprint density at radius 2 is 1.70 bits per heavy atom. The SMILES string of the molecule is CCN(Cc1ccccc1)C(=O)CNC(=O)Cc1ccc(OC(F)F)cc1. The number of nitrogens with one attached hydrogen (secondary N) is 1. The smallest absolute Gasteiger partial charge is 0.387 e. The standard InChI is InChI=1S/C20H22F2N2O3/c1-2-24(14-16-6-4-3-5-7-16)19(26)13-23-18(25)12-15-8-10-17(11-9-15)27-20(21)22/h3-11,20H,2,12-14H2,1H3,(H,23,25). The van der Waals surface area contributed by atoms with Crippen LogP contribution in [0.25, 0.3) is 0 Å². The molecule has 0 atom stereocenters. The fourth-order valence-electron chi connectivity index (χ4n) is 2.50. The minimum Gasteiger partial charge on any atom is -0.435 e. The van der Waals surface area contributed by atoms with Crippen molar-refractivity contribution >= 4 is 11.8 Å². The number of carbonyl (C=O) groups is 2. The van der Waals surface area contributed by atoms with Crippen molar-refractivity contribution < 1.29 is 23.1 Å². The van der Waals surface area contributed by atoms with Crippen LogP contribution in [0.3, 0.4) is 0 Å². The number of likely N-dealkylation sites (N-methyl/N-ethyl adjacent to an activating group) is 1. The maximum Gasteiger partial charge on any atom is 0.387 e. The first-order chi connectivity index (χ1) is 13.0. The molecule has 0 heterocycles. The van der Waals surface area contributed by atoms with Crippen molar-refractivity contribution in [2.45, 2.75) is 26.5 Å². The second-order valence-corrected chi connectivity index (χ2v) is 5.87. The average molecular weight is 376 g/mol. The zero-order chi connectivity index (χ0) is 19.6. The Bertz CT molecular complexity index is 737. The molecule has 0 aromatic heterocycles. The lowest BCUT2D eigenvalue weighted by Crippen LogP contribution is -2.40. The van der Waals surface area contributed by atoms with Crippen molar-refractivity contribution in [2.24, 2.45) is 0 Å². The van der Waals surface area contributed by atoms with E-state index in [1.807, 2.05) is 37.3 Å². The summed E-state index contributed by atoms with van der Waals surface area (Å²) in [5, 5.41) is 2.60. The summed E-state index contributed by atoms with van der Waals surface area (Å²) in [5.41, 5.74) is 1.66. The highest BCUT2D eigenvalue weighted by Gasteiger charge is 2.13. The van der Waals surface area contributed by atoms with Gasteiger partial charge in [0.1, 0.15) is 5.75 Å². The van der Waals surface area contributed by atoms with Crippen LogP contribution in [0.15, 0.2) is 54.6 Å². The number of rotatable bonds is 9. The Balaban J connectivity index is 1.80. The van der Waals surface area contributed by atoms with Gasteiger partial charge >= 0.3 is 6.61 Å². The first-order valence-electron chi connectivity index (χ1n) is 8.60. The van der Waals surface area contributed by atoms with E-state index >= 15 is 0 Å². The number of benzene rings is 2. The van der Waals surface area contributed by atoms with Gasteiger partial charge in [0.15, 0.2) is 0 Å². The number of nitrogens with zero attached hydrogens (tertiary/aromatic N) is 1. The molecule has 27 heavy (non-hydrogen) atoms. The van der Waals surface area contributed by atoms with Crippen molar-refractivity contribution in [3.63, 3.8) is 0 Å². The summed E-state index contributed by atoms with van der Waals surface area (Å²) in [4.78, 5) is 26.0. The molecule has 144 valence electrons. The lowest BCUT2D eigenvalue weighted by atomic mass is 10.1. The molecule has 0 bridgehead atoms. The largest absolute Gasteiger partial charge is 0.435 e. The van der Waals surface area contributed by atoms with Crippen LogP contribution in [-0.4, -0.2) is 36.4 Å². The van der Waals surface area contributed by atoms with Gasteiger partial charge in [-0.1, -0.05) is 42.5 Å². The Morgan fingerprint density at radius 1 is 1.04 bits per heavy atom. The van der Waals surface area contributed by atoms with Crippen LogP contribution in [0.2, 0.25) is 0 Å². The Kier molecular flexibility index (Phi) is 7.73. The third-order valence-corrected chi connectivity index (χ3v) is 3.90. The van der Waals surface area contributed by atoms with Crippen LogP contribution in [0.1, 0.15) is 18.1 Å². The monoisotopic (exact) mass is 376 g/mol. The molecule has 0 aliphatic rings. The second kappa shape index (κ2) is 10.3. The molecule has 0 radical (unpaired) electrons. The summed E-state index contributed by atoms with van der Waals surface area (Å²) in [5.74, 6) is -0.458. The highest BCUT2D eigenvalue weighted by Crippen LogP contribution is 2.15. The number of amides is 2. The van der Waals surface area contributed by atoms with Gasteiger partial charge in [0.05, 0.1) is 13.0 Å². The highest BCUT2D eigenvalue weighted by molar-refractivity contribution is 5.85. The molecule has 0 unspecified atom stereocenters. The number of hydrogen-bond acceptors (Lipinski definition) is 3. The van der Waals surface area contributed by atoms with Gasteiger partial charge in [0.25, 0.3) is 0 Å². The van der Waals surface area contributed by atoms with E-state index in [-0.39, 0.29) is 30.5 Å². The Labute approximate surface area is 156 Å². The van der Waals surface area contributed by atoms with Crippen LogP contribution in [0.4, 0.5) is 8.78 Å². The van der Waals surface area contributed by atoms with Gasteiger partial charge in [-0.15, -0.1) is 0 Å². The number of alkyl halides is 2. The van der Waals surface area contributed by atoms with Crippen LogP contribution in [0, 0.1) is 0 Å². The number of carbonyl (C=O) groups excluding carboxylic acids is 2. The quantitative estimate of drug-likeness (QED) is 0.732. The Morgan fingerprint density at radius 3 is 2.30 bits per heavy atom. The van der Waals surface area contributed by atoms with Gasteiger partial charge in [0.2, 0.25) is 11.8 Å². The van der Waals surface area contributed by atoms with Crippen molar-refractivity contribution in [3.8, 4) is 5.75 Å². The molecule has 2 rings (SSSR count). The molecule has 2 aromatic rings. The third-order valence-electron chi connectivity index (χ3n) is 3.90. The van der Waals surface area contributed by atoms with Gasteiger partial charge in [-0.2, -0.15) is 8.78 Å². The number of hydrogen-bond donors (Lipinski definition) is 1. The summed E-state index contributed by atoms with van der Waals surface area (Å²) in [6.45, 7) is -0.0764. The zero-order valence-electron chi connectivity index (χ0n) is 15.0.